The van der Waals surface area contributed by atoms with Crippen LogP contribution in [-0.4, -0.2) is 40.9 Å². The van der Waals surface area contributed by atoms with Gasteiger partial charge in [-0.3, -0.25) is 0 Å². The third kappa shape index (κ3) is 3.46. The van der Waals surface area contributed by atoms with Gasteiger partial charge in [-0.15, -0.1) is 0 Å². The molecule has 0 radical (unpaired) electrons. The SMILES string of the molecule is CCCN(C1CCC(N)CC1)S(=O)(=O)c1cn(C)c(C)n1. The molecule has 7 heteroatoms. The summed E-state index contributed by atoms with van der Waals surface area (Å²) in [5.74, 6) is 0.704. The number of imidazole rings is 1. The number of nitrogens with zero attached hydrogens (tertiary/aromatic N) is 3. The van der Waals surface area contributed by atoms with Crippen LogP contribution in [0.3, 0.4) is 0 Å². The Balaban J connectivity index is 2.27. The molecule has 0 atom stereocenters. The van der Waals surface area contributed by atoms with Crippen LogP contribution in [0.4, 0.5) is 0 Å². The smallest absolute Gasteiger partial charge is 0.262 e. The molecule has 1 fully saturated rings. The molecule has 0 bridgehead atoms. The highest BCUT2D eigenvalue weighted by atomic mass is 32.2. The molecule has 6 nitrogen and oxygen atoms in total. The average Bonchev–Trinajstić information content (AvgIpc) is 2.78. The number of aromatic nitrogens is 2. The Morgan fingerprint density at radius 3 is 2.48 bits per heavy atom. The minimum absolute atomic E-state index is 0.0528. The summed E-state index contributed by atoms with van der Waals surface area (Å²) >= 11 is 0. The van der Waals surface area contributed by atoms with Gasteiger partial charge in [-0.05, 0) is 39.0 Å². The summed E-state index contributed by atoms with van der Waals surface area (Å²) in [5.41, 5.74) is 5.93. The van der Waals surface area contributed by atoms with Crippen molar-refractivity contribution in [1.82, 2.24) is 13.9 Å². The van der Waals surface area contributed by atoms with Crippen molar-refractivity contribution < 1.29 is 8.42 Å². The summed E-state index contributed by atoms with van der Waals surface area (Å²) in [4.78, 5) is 4.20. The summed E-state index contributed by atoms with van der Waals surface area (Å²) < 4.78 is 29.2. The van der Waals surface area contributed by atoms with Gasteiger partial charge < -0.3 is 10.3 Å². The lowest BCUT2D eigenvalue weighted by Gasteiger charge is -2.34. The fraction of sp³-hybridized carbons (Fsp3) is 0.786. The highest BCUT2D eigenvalue weighted by molar-refractivity contribution is 7.89. The molecule has 0 aliphatic heterocycles. The quantitative estimate of drug-likeness (QED) is 0.890. The van der Waals surface area contributed by atoms with Gasteiger partial charge in [-0.2, -0.15) is 4.31 Å². The highest BCUT2D eigenvalue weighted by Gasteiger charge is 2.34. The number of hydrogen-bond acceptors (Lipinski definition) is 4. The van der Waals surface area contributed by atoms with Crippen molar-refractivity contribution in [1.29, 1.82) is 0 Å². The second-order valence-electron chi connectivity index (χ2n) is 5.92. The fourth-order valence-corrected chi connectivity index (χ4v) is 4.68. The van der Waals surface area contributed by atoms with Gasteiger partial charge in [0.25, 0.3) is 10.0 Å². The van der Waals surface area contributed by atoms with Crippen LogP contribution in [0.25, 0.3) is 0 Å². The normalized spacial score (nSPS) is 23.7. The monoisotopic (exact) mass is 314 g/mol. The largest absolute Gasteiger partial charge is 0.337 e. The average molecular weight is 314 g/mol. The number of nitrogens with two attached hydrogens (primary N) is 1. The van der Waals surface area contributed by atoms with Gasteiger partial charge in [-0.25, -0.2) is 13.4 Å². The highest BCUT2D eigenvalue weighted by Crippen LogP contribution is 2.27. The lowest BCUT2D eigenvalue weighted by atomic mass is 9.92. The molecule has 0 unspecified atom stereocenters. The van der Waals surface area contributed by atoms with Crippen LogP contribution in [0, 0.1) is 6.92 Å². The molecule has 21 heavy (non-hydrogen) atoms. The zero-order valence-corrected chi connectivity index (χ0v) is 13.9. The first-order chi connectivity index (χ1) is 9.86. The van der Waals surface area contributed by atoms with Crippen molar-refractivity contribution >= 4 is 10.0 Å². The van der Waals surface area contributed by atoms with Gasteiger partial charge >= 0.3 is 0 Å². The Bertz CT molecular complexity index is 554. The van der Waals surface area contributed by atoms with E-state index in [0.29, 0.717) is 12.4 Å². The van der Waals surface area contributed by atoms with Gasteiger partial charge in [0.1, 0.15) is 5.82 Å². The maximum atomic E-state index is 12.9. The molecular weight excluding hydrogens is 288 g/mol. The molecule has 1 saturated carbocycles. The minimum Gasteiger partial charge on any atom is -0.337 e. The Labute approximate surface area is 127 Å². The van der Waals surface area contributed by atoms with Crippen LogP contribution < -0.4 is 5.73 Å². The van der Waals surface area contributed by atoms with E-state index in [9.17, 15) is 8.42 Å². The molecular formula is C14H26N4O2S. The zero-order chi connectivity index (χ0) is 15.6. The van der Waals surface area contributed by atoms with Gasteiger partial charge in [0.15, 0.2) is 5.03 Å². The van der Waals surface area contributed by atoms with Gasteiger partial charge in [0, 0.05) is 31.9 Å². The number of hydrogen-bond donors (Lipinski definition) is 1. The molecule has 0 spiro atoms. The third-order valence-electron chi connectivity index (χ3n) is 4.25. The molecule has 2 N–H and O–H groups in total. The maximum absolute atomic E-state index is 12.9. The number of sulfonamides is 1. The first-order valence-corrected chi connectivity index (χ1v) is 9.07. The number of rotatable bonds is 5. The van der Waals surface area contributed by atoms with Crippen molar-refractivity contribution in [3.05, 3.63) is 12.0 Å². The minimum atomic E-state index is -3.52. The van der Waals surface area contributed by atoms with E-state index in [1.165, 1.54) is 0 Å². The van der Waals surface area contributed by atoms with Crippen LogP contribution in [0.5, 0.6) is 0 Å². The second kappa shape index (κ2) is 6.46. The Hall–Kier alpha value is -0.920. The zero-order valence-electron chi connectivity index (χ0n) is 13.1. The predicted octanol–water partition coefficient (Wildman–Crippen LogP) is 1.40. The first-order valence-electron chi connectivity index (χ1n) is 7.63. The third-order valence-corrected chi connectivity index (χ3v) is 6.08. The lowest BCUT2D eigenvalue weighted by Crippen LogP contribution is -2.44. The van der Waals surface area contributed by atoms with Gasteiger partial charge in [0.05, 0.1) is 0 Å². The van der Waals surface area contributed by atoms with Crippen LogP contribution in [0.1, 0.15) is 44.9 Å². The predicted molar refractivity (Wildman–Crippen MR) is 82.4 cm³/mol. The van der Waals surface area contributed by atoms with Crippen LogP contribution in [-0.2, 0) is 17.1 Å². The van der Waals surface area contributed by atoms with Gasteiger partial charge in [-0.1, -0.05) is 6.92 Å². The summed E-state index contributed by atoms with van der Waals surface area (Å²) in [6, 6.07) is 0.265. The van der Waals surface area contributed by atoms with Crippen molar-refractivity contribution in [3.8, 4) is 0 Å². The van der Waals surface area contributed by atoms with E-state index in [1.54, 1.807) is 15.1 Å². The lowest BCUT2D eigenvalue weighted by molar-refractivity contribution is 0.239. The molecule has 1 aromatic heterocycles. The van der Waals surface area contributed by atoms with Crippen LogP contribution >= 0.6 is 0 Å². The molecule has 1 aromatic rings. The first kappa shape index (κ1) is 16.5. The Morgan fingerprint density at radius 2 is 2.00 bits per heavy atom. The summed E-state index contributed by atoms with van der Waals surface area (Å²) in [6.45, 7) is 4.35. The van der Waals surface area contributed by atoms with E-state index >= 15 is 0 Å². The van der Waals surface area contributed by atoms with Crippen molar-refractivity contribution in [2.24, 2.45) is 12.8 Å². The molecule has 2 rings (SSSR count). The van der Waals surface area contributed by atoms with E-state index < -0.39 is 10.0 Å². The summed E-state index contributed by atoms with van der Waals surface area (Å²) in [7, 11) is -1.71. The molecule has 1 aliphatic carbocycles. The fourth-order valence-electron chi connectivity index (χ4n) is 2.88. The van der Waals surface area contributed by atoms with E-state index in [-0.39, 0.29) is 17.1 Å². The van der Waals surface area contributed by atoms with E-state index in [2.05, 4.69) is 4.98 Å². The second-order valence-corrected chi connectivity index (χ2v) is 7.76. The molecule has 1 heterocycles. The van der Waals surface area contributed by atoms with Crippen LogP contribution in [0.2, 0.25) is 0 Å². The van der Waals surface area contributed by atoms with Crippen molar-refractivity contribution in [2.45, 2.75) is 63.1 Å². The molecule has 0 saturated heterocycles. The summed E-state index contributed by atoms with van der Waals surface area (Å²) in [5, 5.41) is 0.158. The summed E-state index contributed by atoms with van der Waals surface area (Å²) in [6.07, 6.45) is 5.86. The van der Waals surface area contributed by atoms with Crippen molar-refractivity contribution in [2.75, 3.05) is 6.54 Å². The van der Waals surface area contributed by atoms with E-state index in [4.69, 9.17) is 5.73 Å². The van der Waals surface area contributed by atoms with E-state index in [1.807, 2.05) is 20.9 Å². The molecule has 120 valence electrons. The van der Waals surface area contributed by atoms with Gasteiger partial charge in [0.2, 0.25) is 0 Å². The molecule has 1 aliphatic rings. The number of aryl methyl sites for hydroxylation is 2. The van der Waals surface area contributed by atoms with E-state index in [0.717, 1.165) is 32.1 Å². The van der Waals surface area contributed by atoms with Crippen LogP contribution in [0.15, 0.2) is 11.2 Å². The molecule has 0 amide bonds. The molecule has 0 aromatic carbocycles. The topological polar surface area (TPSA) is 81.2 Å². The van der Waals surface area contributed by atoms with Crippen molar-refractivity contribution in [3.63, 3.8) is 0 Å². The maximum Gasteiger partial charge on any atom is 0.262 e. The Morgan fingerprint density at radius 1 is 1.38 bits per heavy atom. The Kier molecular flexibility index (Phi) is 5.06. The standard InChI is InChI=1S/C14H26N4O2S/c1-4-9-18(13-7-5-12(15)6-8-13)21(19,20)14-10-17(3)11(2)16-14/h10,12-13H,4-9,15H2,1-3H3.